The molecule has 0 atom stereocenters. The Balaban J connectivity index is 1.74. The molecule has 3 rings (SSSR count). The van der Waals surface area contributed by atoms with E-state index in [-0.39, 0.29) is 23.7 Å². The number of halogens is 1. The number of hydrogen-bond donors (Lipinski definition) is 1. The van der Waals surface area contributed by atoms with Crippen LogP contribution < -0.4 is 4.72 Å². The minimum absolute atomic E-state index is 0.0313. The van der Waals surface area contributed by atoms with E-state index in [9.17, 15) is 21.6 Å². The minimum Gasteiger partial charge on any atom is -0.330 e. The third-order valence-corrected chi connectivity index (χ3v) is 6.63. The van der Waals surface area contributed by atoms with Crippen molar-refractivity contribution in [3.8, 4) is 0 Å². The standard InChI is InChI=1S/C20H20ClN3O6S2/c1-14-22-19(20(25)23-32(28,29)17-6-4-3-5-7-17)12-24(14)11-16-9-8-15(10-18(16)21)13-30-31(2,26)27/h3-10,12H,11,13H2,1-2H3,(H,23,25). The number of hydrogen-bond acceptors (Lipinski definition) is 7. The number of carbonyl (C=O) groups excluding carboxylic acids is 1. The number of imidazole rings is 1. The number of rotatable bonds is 8. The van der Waals surface area contributed by atoms with E-state index in [1.165, 1.54) is 18.3 Å². The molecule has 12 heteroatoms. The summed E-state index contributed by atoms with van der Waals surface area (Å²) in [6, 6.07) is 12.5. The molecule has 0 fully saturated rings. The van der Waals surface area contributed by atoms with Gasteiger partial charge in [-0.3, -0.25) is 8.98 Å². The van der Waals surface area contributed by atoms with Gasteiger partial charge in [0.1, 0.15) is 11.5 Å². The van der Waals surface area contributed by atoms with Crippen molar-refractivity contribution in [3.63, 3.8) is 0 Å². The molecule has 0 bridgehead atoms. The largest absolute Gasteiger partial charge is 0.330 e. The lowest BCUT2D eigenvalue weighted by Crippen LogP contribution is -2.30. The summed E-state index contributed by atoms with van der Waals surface area (Å²) >= 11 is 6.31. The summed E-state index contributed by atoms with van der Waals surface area (Å²) in [6.07, 6.45) is 2.39. The van der Waals surface area contributed by atoms with E-state index in [4.69, 9.17) is 15.8 Å². The number of aromatic nitrogens is 2. The molecule has 0 saturated heterocycles. The molecular weight excluding hydrogens is 478 g/mol. The summed E-state index contributed by atoms with van der Waals surface area (Å²) in [5.41, 5.74) is 1.22. The molecule has 170 valence electrons. The fourth-order valence-corrected chi connectivity index (χ4v) is 4.37. The summed E-state index contributed by atoms with van der Waals surface area (Å²) in [6.45, 7) is 1.80. The van der Waals surface area contributed by atoms with E-state index >= 15 is 0 Å². The Kier molecular flexibility index (Phi) is 7.03. The number of nitrogens with zero attached hydrogens (tertiary/aromatic N) is 2. The maximum Gasteiger partial charge on any atom is 0.285 e. The maximum absolute atomic E-state index is 12.5. The second-order valence-electron chi connectivity index (χ2n) is 6.94. The molecule has 0 aliphatic heterocycles. The van der Waals surface area contributed by atoms with Crippen LogP contribution in [0.3, 0.4) is 0 Å². The van der Waals surface area contributed by atoms with Crippen molar-refractivity contribution in [1.29, 1.82) is 0 Å². The lowest BCUT2D eigenvalue weighted by Gasteiger charge is -2.09. The van der Waals surface area contributed by atoms with E-state index in [0.717, 1.165) is 6.26 Å². The van der Waals surface area contributed by atoms with Crippen LogP contribution in [0.15, 0.2) is 59.6 Å². The quantitative estimate of drug-likeness (QED) is 0.474. The highest BCUT2D eigenvalue weighted by Crippen LogP contribution is 2.21. The van der Waals surface area contributed by atoms with E-state index in [1.807, 2.05) is 4.72 Å². The number of benzene rings is 2. The van der Waals surface area contributed by atoms with Gasteiger partial charge in [0, 0.05) is 11.2 Å². The van der Waals surface area contributed by atoms with Crippen LogP contribution in [0.4, 0.5) is 0 Å². The molecule has 0 aliphatic carbocycles. The smallest absolute Gasteiger partial charge is 0.285 e. The second-order valence-corrected chi connectivity index (χ2v) is 10.7. The molecule has 32 heavy (non-hydrogen) atoms. The summed E-state index contributed by atoms with van der Waals surface area (Å²) in [5.74, 6) is -0.372. The fraction of sp³-hybridized carbons (Fsp3) is 0.200. The zero-order chi connectivity index (χ0) is 23.5. The Bertz CT molecular complexity index is 1350. The summed E-state index contributed by atoms with van der Waals surface area (Å²) in [5, 5.41) is 0.380. The highest BCUT2D eigenvalue weighted by Gasteiger charge is 2.21. The molecule has 1 heterocycles. The van der Waals surface area contributed by atoms with Gasteiger partial charge in [-0.1, -0.05) is 41.9 Å². The monoisotopic (exact) mass is 497 g/mol. The minimum atomic E-state index is -4.02. The lowest BCUT2D eigenvalue weighted by molar-refractivity contribution is 0.0977. The number of sulfonamides is 1. The van der Waals surface area contributed by atoms with Gasteiger partial charge in [-0.25, -0.2) is 18.1 Å². The van der Waals surface area contributed by atoms with Crippen LogP contribution in [0.5, 0.6) is 0 Å². The van der Waals surface area contributed by atoms with Gasteiger partial charge < -0.3 is 4.57 Å². The summed E-state index contributed by atoms with van der Waals surface area (Å²) < 4.78 is 55.4. The number of nitrogens with one attached hydrogen (secondary N) is 1. The van der Waals surface area contributed by atoms with Gasteiger partial charge in [0.2, 0.25) is 0 Å². The third-order valence-electron chi connectivity index (χ3n) is 4.39. The van der Waals surface area contributed by atoms with Gasteiger partial charge in [0.05, 0.1) is 24.3 Å². The maximum atomic E-state index is 12.5. The van der Waals surface area contributed by atoms with E-state index in [2.05, 4.69) is 4.98 Å². The van der Waals surface area contributed by atoms with Crippen molar-refractivity contribution in [2.45, 2.75) is 25.0 Å². The molecule has 1 N–H and O–H groups in total. The number of aryl methyl sites for hydroxylation is 1. The topological polar surface area (TPSA) is 124 Å². The SMILES string of the molecule is Cc1nc(C(=O)NS(=O)(=O)c2ccccc2)cn1Cc1ccc(COS(C)(=O)=O)cc1Cl. The van der Waals surface area contributed by atoms with Crippen LogP contribution in [0.2, 0.25) is 5.02 Å². The molecule has 0 aliphatic rings. The number of amides is 1. The van der Waals surface area contributed by atoms with Crippen molar-refractivity contribution in [3.05, 3.63) is 82.4 Å². The first-order valence-electron chi connectivity index (χ1n) is 9.22. The van der Waals surface area contributed by atoms with Crippen LogP contribution in [0, 0.1) is 6.92 Å². The lowest BCUT2D eigenvalue weighted by atomic mass is 10.1. The van der Waals surface area contributed by atoms with Crippen LogP contribution in [-0.2, 0) is 37.5 Å². The van der Waals surface area contributed by atoms with Gasteiger partial charge in [0.25, 0.3) is 26.0 Å². The highest BCUT2D eigenvalue weighted by atomic mass is 35.5. The average Bonchev–Trinajstić information content (AvgIpc) is 3.09. The molecule has 0 radical (unpaired) electrons. The van der Waals surface area contributed by atoms with Crippen molar-refractivity contribution >= 4 is 37.6 Å². The fourth-order valence-electron chi connectivity index (χ4n) is 2.78. The molecular formula is C20H20ClN3O6S2. The Morgan fingerprint density at radius 1 is 1.12 bits per heavy atom. The van der Waals surface area contributed by atoms with Crippen molar-refractivity contribution < 1.29 is 25.8 Å². The van der Waals surface area contributed by atoms with Crippen molar-refractivity contribution in [2.75, 3.05) is 6.26 Å². The van der Waals surface area contributed by atoms with E-state index in [0.29, 0.717) is 22.0 Å². The average molecular weight is 498 g/mol. The Morgan fingerprint density at radius 2 is 1.81 bits per heavy atom. The molecule has 1 aromatic heterocycles. The molecule has 0 unspecified atom stereocenters. The van der Waals surface area contributed by atoms with Gasteiger partial charge >= 0.3 is 0 Å². The molecule has 0 spiro atoms. The summed E-state index contributed by atoms with van der Waals surface area (Å²) in [7, 11) is -7.59. The van der Waals surface area contributed by atoms with Crippen LogP contribution in [0.1, 0.15) is 27.4 Å². The predicted molar refractivity (Wildman–Crippen MR) is 118 cm³/mol. The van der Waals surface area contributed by atoms with Crippen molar-refractivity contribution in [1.82, 2.24) is 14.3 Å². The Hall–Kier alpha value is -2.73. The molecule has 9 nitrogen and oxygen atoms in total. The molecule has 2 aromatic carbocycles. The normalized spacial score (nSPS) is 12.0. The van der Waals surface area contributed by atoms with Gasteiger partial charge in [-0.05, 0) is 36.2 Å². The van der Waals surface area contributed by atoms with E-state index in [1.54, 1.807) is 47.9 Å². The zero-order valence-corrected chi connectivity index (χ0v) is 19.5. The van der Waals surface area contributed by atoms with Crippen LogP contribution in [0.25, 0.3) is 0 Å². The summed E-state index contributed by atoms with van der Waals surface area (Å²) in [4.78, 5) is 16.6. The van der Waals surface area contributed by atoms with Gasteiger partial charge in [-0.15, -0.1) is 0 Å². The van der Waals surface area contributed by atoms with Crippen molar-refractivity contribution in [2.24, 2.45) is 0 Å². The first-order chi connectivity index (χ1) is 14.9. The first-order valence-corrected chi connectivity index (χ1v) is 12.9. The third kappa shape index (κ3) is 6.16. The molecule has 0 saturated carbocycles. The zero-order valence-electron chi connectivity index (χ0n) is 17.1. The number of carbonyl (C=O) groups is 1. The predicted octanol–water partition coefficient (Wildman–Crippen LogP) is 2.49. The highest BCUT2D eigenvalue weighted by molar-refractivity contribution is 7.90. The van der Waals surface area contributed by atoms with Crippen LogP contribution >= 0.6 is 11.6 Å². The van der Waals surface area contributed by atoms with E-state index < -0.39 is 26.0 Å². The molecule has 3 aromatic rings. The molecule has 1 amide bonds. The Labute approximate surface area is 191 Å². The van der Waals surface area contributed by atoms with Crippen LogP contribution in [-0.4, -0.2) is 38.5 Å². The second kappa shape index (κ2) is 9.41. The van der Waals surface area contributed by atoms with Gasteiger partial charge in [-0.2, -0.15) is 8.42 Å². The van der Waals surface area contributed by atoms with Gasteiger partial charge in [0.15, 0.2) is 0 Å². The first kappa shape index (κ1) is 23.9. The Morgan fingerprint density at radius 3 is 2.44 bits per heavy atom.